The van der Waals surface area contributed by atoms with Crippen LogP contribution in [0.15, 0.2) is 132 Å². The van der Waals surface area contributed by atoms with E-state index >= 15 is 0 Å². The molecular formula is C30H22N2O2S. The highest BCUT2D eigenvalue weighted by Gasteiger charge is 2.16. The first-order valence-corrected chi connectivity index (χ1v) is 12.0. The zero-order chi connectivity index (χ0) is 24.0. The standard InChI is InChI=1S/C30H22N2O2S/c33-32(34)26-16-18-27(19-17-26)35-31-30-28(23-12-6-2-7-13-23)20-25(22-10-4-1-5-11-22)21-29(30)24-14-8-3-9-15-24/h1-21,31H. The Morgan fingerprint density at radius 1 is 0.571 bits per heavy atom. The Morgan fingerprint density at radius 3 is 1.49 bits per heavy atom. The number of nitrogens with one attached hydrogen (secondary N) is 1. The SMILES string of the molecule is O=[N+]([O-])c1ccc(SNc2c(-c3ccccc3)cc(-c3ccccc3)cc2-c2ccccc2)cc1. The molecule has 0 heterocycles. The number of nitro benzene ring substituents is 1. The summed E-state index contributed by atoms with van der Waals surface area (Å²) in [5.74, 6) is 0. The topological polar surface area (TPSA) is 55.2 Å². The fourth-order valence-electron chi connectivity index (χ4n) is 3.99. The van der Waals surface area contributed by atoms with Crippen LogP contribution in [0.5, 0.6) is 0 Å². The van der Waals surface area contributed by atoms with Crippen molar-refractivity contribution in [1.82, 2.24) is 0 Å². The molecule has 0 aliphatic rings. The summed E-state index contributed by atoms with van der Waals surface area (Å²) >= 11 is 1.44. The van der Waals surface area contributed by atoms with E-state index in [1.807, 2.05) is 42.5 Å². The summed E-state index contributed by atoms with van der Waals surface area (Å²) in [7, 11) is 0. The lowest BCUT2D eigenvalue weighted by molar-refractivity contribution is -0.384. The fraction of sp³-hybridized carbons (Fsp3) is 0. The predicted octanol–water partition coefficient (Wildman–Crippen LogP) is 8.72. The Labute approximate surface area is 208 Å². The minimum atomic E-state index is -0.384. The average Bonchev–Trinajstić information content (AvgIpc) is 2.93. The third kappa shape index (κ3) is 5.10. The third-order valence-corrected chi connectivity index (χ3v) is 6.55. The molecule has 4 nitrogen and oxygen atoms in total. The molecule has 5 rings (SSSR count). The predicted molar refractivity (Wildman–Crippen MR) is 145 cm³/mol. The van der Waals surface area contributed by atoms with Gasteiger partial charge < -0.3 is 4.72 Å². The summed E-state index contributed by atoms with van der Waals surface area (Å²) < 4.78 is 3.57. The van der Waals surface area contributed by atoms with Gasteiger partial charge in [0.2, 0.25) is 0 Å². The minimum Gasteiger partial charge on any atom is -0.325 e. The van der Waals surface area contributed by atoms with Crippen molar-refractivity contribution in [3.05, 3.63) is 138 Å². The maximum absolute atomic E-state index is 11.0. The highest BCUT2D eigenvalue weighted by molar-refractivity contribution is 8.00. The van der Waals surface area contributed by atoms with E-state index in [0.29, 0.717) is 0 Å². The maximum Gasteiger partial charge on any atom is 0.269 e. The van der Waals surface area contributed by atoms with Crippen molar-refractivity contribution in [3.63, 3.8) is 0 Å². The first-order chi connectivity index (χ1) is 17.2. The smallest absolute Gasteiger partial charge is 0.269 e. The summed E-state index contributed by atoms with van der Waals surface area (Å²) in [6, 6.07) is 42.0. The third-order valence-electron chi connectivity index (χ3n) is 5.73. The molecule has 0 aliphatic heterocycles. The molecule has 170 valence electrons. The Bertz CT molecular complexity index is 1380. The minimum absolute atomic E-state index is 0.0801. The summed E-state index contributed by atoms with van der Waals surface area (Å²) in [6.45, 7) is 0. The Balaban J connectivity index is 1.65. The molecule has 0 atom stereocenters. The van der Waals surface area contributed by atoms with Crippen LogP contribution in [0, 0.1) is 10.1 Å². The van der Waals surface area contributed by atoms with Gasteiger partial charge in [-0.1, -0.05) is 91.0 Å². The first kappa shape index (κ1) is 22.4. The van der Waals surface area contributed by atoms with Gasteiger partial charge in [-0.15, -0.1) is 0 Å². The molecule has 0 saturated carbocycles. The van der Waals surface area contributed by atoms with Crippen LogP contribution < -0.4 is 4.72 Å². The number of non-ortho nitro benzene ring substituents is 1. The monoisotopic (exact) mass is 474 g/mol. The second-order valence-corrected chi connectivity index (χ2v) is 8.88. The van der Waals surface area contributed by atoms with Gasteiger partial charge in [-0.3, -0.25) is 10.1 Å². The molecule has 0 bridgehead atoms. The van der Waals surface area contributed by atoms with Crippen LogP contribution in [0.3, 0.4) is 0 Å². The van der Waals surface area contributed by atoms with Crippen molar-refractivity contribution in [2.45, 2.75) is 4.90 Å². The van der Waals surface area contributed by atoms with Gasteiger partial charge in [0.1, 0.15) is 0 Å². The number of nitro groups is 1. The average molecular weight is 475 g/mol. The lowest BCUT2D eigenvalue weighted by atomic mass is 9.91. The largest absolute Gasteiger partial charge is 0.325 e. The lowest BCUT2D eigenvalue weighted by Gasteiger charge is -2.19. The zero-order valence-corrected chi connectivity index (χ0v) is 19.6. The van der Waals surface area contributed by atoms with Gasteiger partial charge in [0.05, 0.1) is 10.6 Å². The van der Waals surface area contributed by atoms with Gasteiger partial charge in [-0.25, -0.2) is 0 Å². The van der Waals surface area contributed by atoms with E-state index in [1.165, 1.54) is 24.1 Å². The fourth-order valence-corrected chi connectivity index (χ4v) is 4.70. The molecule has 0 radical (unpaired) electrons. The van der Waals surface area contributed by atoms with E-state index in [-0.39, 0.29) is 10.6 Å². The van der Waals surface area contributed by atoms with Gasteiger partial charge in [-0.05, 0) is 58.5 Å². The van der Waals surface area contributed by atoms with Gasteiger partial charge in [0.25, 0.3) is 5.69 Å². The number of nitrogens with zero attached hydrogens (tertiary/aromatic N) is 1. The Hall–Kier alpha value is -4.35. The van der Waals surface area contributed by atoms with Crippen molar-refractivity contribution in [1.29, 1.82) is 0 Å². The Kier molecular flexibility index (Phi) is 6.59. The van der Waals surface area contributed by atoms with Gasteiger partial charge >= 0.3 is 0 Å². The summed E-state index contributed by atoms with van der Waals surface area (Å²) in [4.78, 5) is 11.5. The van der Waals surface area contributed by atoms with Crippen molar-refractivity contribution in [2.24, 2.45) is 0 Å². The normalized spacial score (nSPS) is 10.6. The van der Waals surface area contributed by atoms with Crippen LogP contribution >= 0.6 is 11.9 Å². The molecule has 0 amide bonds. The molecule has 0 spiro atoms. The van der Waals surface area contributed by atoms with Crippen molar-refractivity contribution in [2.75, 3.05) is 4.72 Å². The van der Waals surface area contributed by atoms with Crippen LogP contribution in [0.25, 0.3) is 33.4 Å². The maximum atomic E-state index is 11.0. The molecule has 0 aliphatic carbocycles. The van der Waals surface area contributed by atoms with Crippen LogP contribution in [-0.2, 0) is 0 Å². The molecule has 5 aromatic rings. The molecular weight excluding hydrogens is 452 g/mol. The van der Waals surface area contributed by atoms with Gasteiger partial charge in [-0.2, -0.15) is 0 Å². The van der Waals surface area contributed by atoms with Gasteiger partial charge in [0.15, 0.2) is 0 Å². The number of hydrogen-bond donors (Lipinski definition) is 1. The van der Waals surface area contributed by atoms with Crippen LogP contribution in [0.4, 0.5) is 11.4 Å². The molecule has 35 heavy (non-hydrogen) atoms. The second-order valence-electron chi connectivity index (χ2n) is 8.00. The molecule has 0 aromatic heterocycles. The highest BCUT2D eigenvalue weighted by Crippen LogP contribution is 2.42. The van der Waals surface area contributed by atoms with E-state index in [0.717, 1.165) is 44.0 Å². The summed E-state index contributed by atoms with van der Waals surface area (Å²) in [6.07, 6.45) is 0. The Morgan fingerprint density at radius 2 is 1.03 bits per heavy atom. The molecule has 0 saturated heterocycles. The molecule has 0 fully saturated rings. The van der Waals surface area contributed by atoms with E-state index < -0.39 is 0 Å². The second kappa shape index (κ2) is 10.3. The van der Waals surface area contributed by atoms with Crippen LogP contribution in [-0.4, -0.2) is 4.92 Å². The number of benzene rings is 5. The summed E-state index contributed by atoms with van der Waals surface area (Å²) in [5.41, 5.74) is 7.73. The van der Waals surface area contributed by atoms with E-state index in [4.69, 9.17) is 0 Å². The number of anilines is 1. The lowest BCUT2D eigenvalue weighted by Crippen LogP contribution is -1.96. The van der Waals surface area contributed by atoms with Crippen molar-refractivity contribution < 1.29 is 4.92 Å². The van der Waals surface area contributed by atoms with Crippen molar-refractivity contribution >= 4 is 23.3 Å². The number of hydrogen-bond acceptors (Lipinski definition) is 4. The van der Waals surface area contributed by atoms with E-state index in [1.54, 1.807) is 12.1 Å². The van der Waals surface area contributed by atoms with E-state index in [9.17, 15) is 10.1 Å². The van der Waals surface area contributed by atoms with E-state index in [2.05, 4.69) is 65.4 Å². The highest BCUT2D eigenvalue weighted by atomic mass is 32.2. The molecule has 5 aromatic carbocycles. The number of rotatable bonds is 7. The van der Waals surface area contributed by atoms with Crippen LogP contribution in [0.1, 0.15) is 0 Å². The zero-order valence-electron chi connectivity index (χ0n) is 18.8. The molecule has 5 heteroatoms. The summed E-state index contributed by atoms with van der Waals surface area (Å²) in [5, 5.41) is 11.0. The van der Waals surface area contributed by atoms with Crippen LogP contribution in [0.2, 0.25) is 0 Å². The molecule has 1 N–H and O–H groups in total. The quantitative estimate of drug-likeness (QED) is 0.146. The van der Waals surface area contributed by atoms with Gasteiger partial charge in [0, 0.05) is 28.2 Å². The molecule has 0 unspecified atom stereocenters. The first-order valence-electron chi connectivity index (χ1n) is 11.2. The van der Waals surface area contributed by atoms with Crippen molar-refractivity contribution in [3.8, 4) is 33.4 Å².